The monoisotopic (exact) mass is 371 g/mol. The summed E-state index contributed by atoms with van der Waals surface area (Å²) in [6, 6.07) is 8.04. The van der Waals surface area contributed by atoms with E-state index in [9.17, 15) is 0 Å². The normalized spacial score (nSPS) is 12.5. The summed E-state index contributed by atoms with van der Waals surface area (Å²) in [7, 11) is 1.89. The minimum atomic E-state index is 0.0852. The number of aromatic nitrogens is 2. The van der Waals surface area contributed by atoms with Crippen LogP contribution in [0.1, 0.15) is 18.2 Å². The molecule has 0 saturated carbocycles. The van der Waals surface area contributed by atoms with Crippen LogP contribution < -0.4 is 10.5 Å². The second-order valence-electron chi connectivity index (χ2n) is 4.73. The number of nitrogens with two attached hydrogens (primary N) is 1. The summed E-state index contributed by atoms with van der Waals surface area (Å²) in [6.45, 7) is 3.97. The molecule has 2 N–H and O–H groups in total. The Labute approximate surface area is 127 Å². The number of halogens is 1. The molecule has 0 bridgehead atoms. The molecule has 1 heterocycles. The molecule has 2 aromatic rings. The lowest BCUT2D eigenvalue weighted by Gasteiger charge is -2.10. The first kappa shape index (κ1) is 14.3. The minimum Gasteiger partial charge on any atom is -0.439 e. The molecule has 0 saturated heterocycles. The standard InChI is InChI=1S/C14H18IN3O/c1-9(16)8-13-10(2)17-18(3)14(13)19-12-6-4-11(15)5-7-12/h4-7,9H,8,16H2,1-3H3. The fourth-order valence-corrected chi connectivity index (χ4v) is 2.34. The zero-order valence-corrected chi connectivity index (χ0v) is 13.5. The van der Waals surface area contributed by atoms with E-state index in [-0.39, 0.29) is 6.04 Å². The SMILES string of the molecule is Cc1nn(C)c(Oc2ccc(I)cc2)c1CC(C)N. The summed E-state index contributed by atoms with van der Waals surface area (Å²) in [6.07, 6.45) is 0.763. The summed E-state index contributed by atoms with van der Waals surface area (Å²) >= 11 is 2.27. The maximum atomic E-state index is 5.96. The van der Waals surface area contributed by atoms with Gasteiger partial charge in [0.15, 0.2) is 0 Å². The highest BCUT2D eigenvalue weighted by molar-refractivity contribution is 14.1. The Morgan fingerprint density at radius 2 is 2.00 bits per heavy atom. The van der Waals surface area contributed by atoms with Gasteiger partial charge in [-0.15, -0.1) is 0 Å². The number of rotatable bonds is 4. The van der Waals surface area contributed by atoms with Crippen LogP contribution in [-0.2, 0) is 13.5 Å². The summed E-state index contributed by atoms with van der Waals surface area (Å²) in [5.74, 6) is 1.59. The highest BCUT2D eigenvalue weighted by Crippen LogP contribution is 2.28. The van der Waals surface area contributed by atoms with Crippen LogP contribution in [0.3, 0.4) is 0 Å². The van der Waals surface area contributed by atoms with Crippen LogP contribution in [0.15, 0.2) is 24.3 Å². The van der Waals surface area contributed by atoms with Crippen molar-refractivity contribution in [1.29, 1.82) is 0 Å². The van der Waals surface area contributed by atoms with E-state index in [0.29, 0.717) is 0 Å². The van der Waals surface area contributed by atoms with Gasteiger partial charge in [0.25, 0.3) is 0 Å². The van der Waals surface area contributed by atoms with Crippen LogP contribution in [0, 0.1) is 10.5 Å². The van der Waals surface area contributed by atoms with E-state index in [1.165, 1.54) is 3.57 Å². The van der Waals surface area contributed by atoms with Gasteiger partial charge in [-0.2, -0.15) is 5.10 Å². The van der Waals surface area contributed by atoms with E-state index in [1.807, 2.05) is 45.2 Å². The van der Waals surface area contributed by atoms with Gasteiger partial charge in [0.1, 0.15) is 5.75 Å². The Hall–Kier alpha value is -1.08. The van der Waals surface area contributed by atoms with Gasteiger partial charge in [-0.3, -0.25) is 0 Å². The fraction of sp³-hybridized carbons (Fsp3) is 0.357. The Morgan fingerprint density at radius 3 is 2.58 bits per heavy atom. The van der Waals surface area contributed by atoms with Crippen LogP contribution in [0.5, 0.6) is 11.6 Å². The first-order valence-corrected chi connectivity index (χ1v) is 7.26. The second-order valence-corrected chi connectivity index (χ2v) is 5.98. The van der Waals surface area contributed by atoms with Gasteiger partial charge in [-0.05, 0) is 67.1 Å². The zero-order valence-electron chi connectivity index (χ0n) is 11.4. The molecule has 0 aliphatic heterocycles. The Bertz CT molecular complexity index is 561. The summed E-state index contributed by atoms with van der Waals surface area (Å²) in [5.41, 5.74) is 7.94. The van der Waals surface area contributed by atoms with Crippen molar-refractivity contribution in [3.63, 3.8) is 0 Å². The molecular weight excluding hydrogens is 353 g/mol. The first-order valence-electron chi connectivity index (χ1n) is 6.19. The highest BCUT2D eigenvalue weighted by atomic mass is 127. The maximum Gasteiger partial charge on any atom is 0.221 e. The Morgan fingerprint density at radius 1 is 1.37 bits per heavy atom. The molecule has 102 valence electrons. The van der Waals surface area contributed by atoms with E-state index < -0.39 is 0 Å². The molecule has 0 fully saturated rings. The van der Waals surface area contributed by atoms with Gasteiger partial charge in [0.05, 0.1) is 5.69 Å². The molecule has 1 aromatic heterocycles. The van der Waals surface area contributed by atoms with Crippen LogP contribution in [0.4, 0.5) is 0 Å². The van der Waals surface area contributed by atoms with Crippen LogP contribution >= 0.6 is 22.6 Å². The lowest BCUT2D eigenvalue weighted by Crippen LogP contribution is -2.18. The second kappa shape index (κ2) is 5.92. The van der Waals surface area contributed by atoms with Crippen molar-refractivity contribution in [2.75, 3.05) is 0 Å². The lowest BCUT2D eigenvalue weighted by atomic mass is 10.1. The van der Waals surface area contributed by atoms with E-state index >= 15 is 0 Å². The van der Waals surface area contributed by atoms with Gasteiger partial charge in [0, 0.05) is 22.2 Å². The first-order chi connectivity index (χ1) is 8.97. The molecule has 1 aromatic carbocycles. The molecule has 0 aliphatic rings. The van der Waals surface area contributed by atoms with E-state index in [1.54, 1.807) is 4.68 Å². The van der Waals surface area contributed by atoms with Gasteiger partial charge < -0.3 is 10.5 Å². The summed E-state index contributed by atoms with van der Waals surface area (Å²) in [4.78, 5) is 0. The van der Waals surface area contributed by atoms with Crippen LogP contribution in [-0.4, -0.2) is 15.8 Å². The number of hydrogen-bond acceptors (Lipinski definition) is 3. The molecule has 1 unspecified atom stereocenters. The predicted octanol–water partition coefficient (Wildman–Crippen LogP) is 3.02. The number of nitrogens with zero attached hydrogens (tertiary/aromatic N) is 2. The minimum absolute atomic E-state index is 0.0852. The van der Waals surface area contributed by atoms with Gasteiger partial charge in [0.2, 0.25) is 5.88 Å². The molecule has 4 nitrogen and oxygen atoms in total. The number of aryl methyl sites for hydroxylation is 2. The molecule has 19 heavy (non-hydrogen) atoms. The zero-order chi connectivity index (χ0) is 14.0. The number of ether oxygens (including phenoxy) is 1. The lowest BCUT2D eigenvalue weighted by molar-refractivity contribution is 0.424. The number of benzene rings is 1. The van der Waals surface area contributed by atoms with Crippen molar-refractivity contribution in [2.45, 2.75) is 26.3 Å². The highest BCUT2D eigenvalue weighted by Gasteiger charge is 2.16. The van der Waals surface area contributed by atoms with Crippen molar-refractivity contribution in [2.24, 2.45) is 12.8 Å². The molecule has 0 aliphatic carbocycles. The number of hydrogen-bond donors (Lipinski definition) is 1. The van der Waals surface area contributed by atoms with Gasteiger partial charge in [-0.1, -0.05) is 0 Å². The van der Waals surface area contributed by atoms with Gasteiger partial charge >= 0.3 is 0 Å². The molecule has 0 radical (unpaired) electrons. The molecular formula is C14H18IN3O. The van der Waals surface area contributed by atoms with Crippen molar-refractivity contribution < 1.29 is 4.74 Å². The molecule has 5 heteroatoms. The predicted molar refractivity (Wildman–Crippen MR) is 84.5 cm³/mol. The van der Waals surface area contributed by atoms with Crippen LogP contribution in [0.2, 0.25) is 0 Å². The van der Waals surface area contributed by atoms with E-state index in [2.05, 4.69) is 27.7 Å². The third-order valence-corrected chi connectivity index (χ3v) is 3.56. The van der Waals surface area contributed by atoms with Crippen molar-refractivity contribution in [3.05, 3.63) is 39.1 Å². The van der Waals surface area contributed by atoms with E-state index in [0.717, 1.165) is 29.3 Å². The summed E-state index contributed by atoms with van der Waals surface area (Å²) < 4.78 is 8.91. The van der Waals surface area contributed by atoms with Crippen LogP contribution in [0.25, 0.3) is 0 Å². The molecule has 1 atom stereocenters. The maximum absolute atomic E-state index is 5.96. The van der Waals surface area contributed by atoms with Crippen molar-refractivity contribution in [3.8, 4) is 11.6 Å². The Balaban J connectivity index is 2.31. The topological polar surface area (TPSA) is 53.1 Å². The Kier molecular flexibility index (Phi) is 4.46. The smallest absolute Gasteiger partial charge is 0.221 e. The third kappa shape index (κ3) is 3.48. The molecule has 0 spiro atoms. The quantitative estimate of drug-likeness (QED) is 0.841. The van der Waals surface area contributed by atoms with E-state index in [4.69, 9.17) is 10.5 Å². The van der Waals surface area contributed by atoms with Crippen molar-refractivity contribution in [1.82, 2.24) is 9.78 Å². The average molecular weight is 371 g/mol. The average Bonchev–Trinajstić information content (AvgIpc) is 2.58. The molecule has 2 rings (SSSR count). The van der Waals surface area contributed by atoms with Crippen molar-refractivity contribution >= 4 is 22.6 Å². The van der Waals surface area contributed by atoms with Gasteiger partial charge in [-0.25, -0.2) is 4.68 Å². The third-order valence-electron chi connectivity index (χ3n) is 2.84. The summed E-state index contributed by atoms with van der Waals surface area (Å²) in [5, 5.41) is 4.41. The fourth-order valence-electron chi connectivity index (χ4n) is 1.98. The molecule has 0 amide bonds. The largest absolute Gasteiger partial charge is 0.439 e.